The molecule has 3 aromatic rings. The molecule has 1 aliphatic heterocycles. The van der Waals surface area contributed by atoms with Crippen LogP contribution in [0, 0.1) is 18.3 Å². The second kappa shape index (κ2) is 5.95. The van der Waals surface area contributed by atoms with Crippen LogP contribution in [0.25, 0.3) is 10.8 Å². The number of rotatable bonds is 3. The summed E-state index contributed by atoms with van der Waals surface area (Å²) in [6, 6.07) is 22.0. The standard InChI is InChI=1S/C24H23NO2S/c1-17-10-12-19(13-11-17)28(26,27)25-15-14-24(2)22(16-25)23(24)21-9-5-7-18-6-3-4-8-20(18)21/h3-15,22-23H,16H2,1-2H3/t22-,23-,24-/m0/s1. The normalized spacial score (nSPS) is 26.3. The molecule has 0 N–H and O–H groups in total. The van der Waals surface area contributed by atoms with Crippen LogP contribution >= 0.6 is 0 Å². The van der Waals surface area contributed by atoms with Gasteiger partial charge in [0.1, 0.15) is 0 Å². The number of benzene rings is 3. The average Bonchev–Trinajstić information content (AvgIpc) is 3.32. The fourth-order valence-corrected chi connectivity index (χ4v) is 6.08. The summed E-state index contributed by atoms with van der Waals surface area (Å²) in [5.74, 6) is 0.636. The van der Waals surface area contributed by atoms with Gasteiger partial charge in [0, 0.05) is 12.7 Å². The van der Waals surface area contributed by atoms with Gasteiger partial charge in [0.25, 0.3) is 10.0 Å². The zero-order chi connectivity index (χ0) is 19.5. The summed E-state index contributed by atoms with van der Waals surface area (Å²) >= 11 is 0. The molecule has 1 saturated carbocycles. The van der Waals surface area contributed by atoms with Crippen molar-refractivity contribution in [2.24, 2.45) is 11.3 Å². The average molecular weight is 390 g/mol. The first-order valence-electron chi connectivity index (χ1n) is 9.67. The van der Waals surface area contributed by atoms with Gasteiger partial charge in [-0.1, -0.05) is 73.2 Å². The van der Waals surface area contributed by atoms with E-state index in [2.05, 4.69) is 55.5 Å². The first kappa shape index (κ1) is 17.5. The lowest BCUT2D eigenvalue weighted by atomic mass is 9.96. The van der Waals surface area contributed by atoms with Crippen molar-refractivity contribution in [3.05, 3.63) is 90.1 Å². The maximum Gasteiger partial charge on any atom is 0.263 e. The van der Waals surface area contributed by atoms with Gasteiger partial charge in [0.2, 0.25) is 0 Å². The van der Waals surface area contributed by atoms with E-state index in [1.165, 1.54) is 20.6 Å². The lowest BCUT2D eigenvalue weighted by Gasteiger charge is -2.25. The molecule has 1 fully saturated rings. The molecule has 142 valence electrons. The van der Waals surface area contributed by atoms with Crippen molar-refractivity contribution >= 4 is 20.8 Å². The first-order chi connectivity index (χ1) is 13.4. The Hall–Kier alpha value is -2.59. The molecule has 0 unspecified atom stereocenters. The van der Waals surface area contributed by atoms with Gasteiger partial charge in [-0.25, -0.2) is 8.42 Å². The maximum absolute atomic E-state index is 13.1. The number of hydrogen-bond donors (Lipinski definition) is 0. The molecule has 3 atom stereocenters. The van der Waals surface area contributed by atoms with Crippen LogP contribution in [0.4, 0.5) is 0 Å². The Bertz CT molecular complexity index is 1190. The monoisotopic (exact) mass is 389 g/mol. The topological polar surface area (TPSA) is 37.4 Å². The molecule has 4 heteroatoms. The van der Waals surface area contributed by atoms with Crippen molar-refractivity contribution in [2.75, 3.05) is 6.54 Å². The van der Waals surface area contributed by atoms with Crippen molar-refractivity contribution in [3.63, 3.8) is 0 Å². The van der Waals surface area contributed by atoms with Crippen LogP contribution in [0.3, 0.4) is 0 Å². The number of nitrogens with zero attached hydrogens (tertiary/aromatic N) is 1. The van der Waals surface area contributed by atoms with Crippen LogP contribution in [0.15, 0.2) is 83.9 Å². The van der Waals surface area contributed by atoms with Gasteiger partial charge >= 0.3 is 0 Å². The predicted octanol–water partition coefficient (Wildman–Crippen LogP) is 5.09. The Morgan fingerprint density at radius 2 is 1.68 bits per heavy atom. The zero-order valence-corrected chi connectivity index (χ0v) is 16.9. The van der Waals surface area contributed by atoms with E-state index in [0.29, 0.717) is 23.3 Å². The molecule has 0 bridgehead atoms. The van der Waals surface area contributed by atoms with E-state index in [1.807, 2.05) is 19.1 Å². The molecule has 1 heterocycles. The molecule has 2 aliphatic rings. The minimum atomic E-state index is -3.51. The van der Waals surface area contributed by atoms with E-state index in [-0.39, 0.29) is 5.41 Å². The van der Waals surface area contributed by atoms with Crippen LogP contribution < -0.4 is 0 Å². The highest BCUT2D eigenvalue weighted by Crippen LogP contribution is 2.68. The lowest BCUT2D eigenvalue weighted by molar-refractivity contribution is 0.432. The van der Waals surface area contributed by atoms with E-state index in [1.54, 1.807) is 18.3 Å². The SMILES string of the molecule is Cc1ccc(S(=O)(=O)N2C=C[C@@]3(C)[C@@H](C2)[C@@H]3c2cccc3ccccc23)cc1. The van der Waals surface area contributed by atoms with Gasteiger partial charge in [0.05, 0.1) is 4.90 Å². The van der Waals surface area contributed by atoms with Crippen molar-refractivity contribution in [1.29, 1.82) is 0 Å². The Morgan fingerprint density at radius 1 is 0.964 bits per heavy atom. The molecule has 5 rings (SSSR count). The Labute approximate surface area is 166 Å². The van der Waals surface area contributed by atoms with Crippen LogP contribution in [0.2, 0.25) is 0 Å². The highest BCUT2D eigenvalue weighted by molar-refractivity contribution is 7.89. The largest absolute Gasteiger partial charge is 0.273 e. The lowest BCUT2D eigenvalue weighted by Crippen LogP contribution is -2.31. The van der Waals surface area contributed by atoms with Gasteiger partial charge in [-0.2, -0.15) is 0 Å². The number of sulfonamides is 1. The van der Waals surface area contributed by atoms with Crippen molar-refractivity contribution < 1.29 is 8.42 Å². The molecule has 0 amide bonds. The molecular weight excluding hydrogens is 366 g/mol. The summed E-state index contributed by atoms with van der Waals surface area (Å²) in [5.41, 5.74) is 2.40. The van der Waals surface area contributed by atoms with Gasteiger partial charge in [0.15, 0.2) is 0 Å². The van der Waals surface area contributed by atoms with Crippen molar-refractivity contribution in [2.45, 2.75) is 24.7 Å². The molecule has 0 spiro atoms. The van der Waals surface area contributed by atoms with Crippen LogP contribution in [0.5, 0.6) is 0 Å². The second-order valence-corrected chi connectivity index (χ2v) is 10.1. The molecule has 28 heavy (non-hydrogen) atoms. The first-order valence-corrected chi connectivity index (χ1v) is 11.1. The van der Waals surface area contributed by atoms with Gasteiger partial charge in [-0.15, -0.1) is 0 Å². The summed E-state index contributed by atoms with van der Waals surface area (Å²) < 4.78 is 27.7. The Balaban J connectivity index is 1.48. The Kier molecular flexibility index (Phi) is 3.72. The molecule has 0 radical (unpaired) electrons. The smallest absolute Gasteiger partial charge is 0.263 e. The zero-order valence-electron chi connectivity index (χ0n) is 16.0. The number of fused-ring (bicyclic) bond motifs is 2. The molecule has 0 saturated heterocycles. The molecule has 3 aromatic carbocycles. The third-order valence-corrected chi connectivity index (χ3v) is 8.28. The fourth-order valence-electron chi connectivity index (χ4n) is 4.75. The predicted molar refractivity (Wildman–Crippen MR) is 112 cm³/mol. The number of hydrogen-bond acceptors (Lipinski definition) is 2. The van der Waals surface area contributed by atoms with Crippen LogP contribution in [0.1, 0.15) is 24.0 Å². The molecular formula is C24H23NO2S. The van der Waals surface area contributed by atoms with E-state index in [0.717, 1.165) is 5.56 Å². The van der Waals surface area contributed by atoms with Gasteiger partial charge < -0.3 is 0 Å². The van der Waals surface area contributed by atoms with E-state index in [9.17, 15) is 8.42 Å². The number of aryl methyl sites for hydroxylation is 1. The molecule has 1 aliphatic carbocycles. The quantitative estimate of drug-likeness (QED) is 0.626. The van der Waals surface area contributed by atoms with Gasteiger partial charge in [-0.05, 0) is 52.6 Å². The van der Waals surface area contributed by atoms with E-state index in [4.69, 9.17) is 0 Å². The summed E-state index contributed by atoms with van der Waals surface area (Å²) in [6.07, 6.45) is 3.87. The third kappa shape index (κ3) is 2.51. The minimum absolute atomic E-state index is 0.0173. The van der Waals surface area contributed by atoms with Crippen molar-refractivity contribution in [3.8, 4) is 0 Å². The van der Waals surface area contributed by atoms with E-state index >= 15 is 0 Å². The molecule has 3 nitrogen and oxygen atoms in total. The maximum atomic E-state index is 13.1. The van der Waals surface area contributed by atoms with Crippen molar-refractivity contribution in [1.82, 2.24) is 4.31 Å². The van der Waals surface area contributed by atoms with Crippen LogP contribution in [-0.2, 0) is 10.0 Å². The highest BCUT2D eigenvalue weighted by Gasteiger charge is 2.62. The highest BCUT2D eigenvalue weighted by atomic mass is 32.2. The summed E-state index contributed by atoms with van der Waals surface area (Å²) in [6.45, 7) is 4.73. The summed E-state index contributed by atoms with van der Waals surface area (Å²) in [7, 11) is -3.51. The summed E-state index contributed by atoms with van der Waals surface area (Å²) in [4.78, 5) is 0.355. The summed E-state index contributed by atoms with van der Waals surface area (Å²) in [5, 5.41) is 2.51. The molecule has 0 aromatic heterocycles. The van der Waals surface area contributed by atoms with Crippen LogP contribution in [-0.4, -0.2) is 19.3 Å². The fraction of sp³-hybridized carbons (Fsp3) is 0.250. The Morgan fingerprint density at radius 3 is 2.46 bits per heavy atom. The number of allylic oxidation sites excluding steroid dienone is 1. The minimum Gasteiger partial charge on any atom is -0.273 e. The van der Waals surface area contributed by atoms with E-state index < -0.39 is 10.0 Å². The van der Waals surface area contributed by atoms with Gasteiger partial charge in [-0.3, -0.25) is 4.31 Å². The second-order valence-electron chi connectivity index (χ2n) is 8.22. The third-order valence-electron chi connectivity index (χ3n) is 6.52.